The van der Waals surface area contributed by atoms with E-state index in [0.717, 1.165) is 24.8 Å². The number of carbonyl (C=O) groups excluding carboxylic acids is 2. The molecule has 2 amide bonds. The minimum absolute atomic E-state index is 0.0833. The van der Waals surface area contributed by atoms with Crippen LogP contribution in [0, 0.1) is 11.3 Å². The first-order valence-corrected chi connectivity index (χ1v) is 11.2. The fraction of sp³-hybridized carbons (Fsp3) is 0.571. The van der Waals surface area contributed by atoms with Crippen molar-refractivity contribution in [3.05, 3.63) is 34.4 Å². The van der Waals surface area contributed by atoms with Crippen LogP contribution in [0.3, 0.4) is 0 Å². The van der Waals surface area contributed by atoms with Gasteiger partial charge in [-0.15, -0.1) is 0 Å². The van der Waals surface area contributed by atoms with Crippen molar-refractivity contribution in [2.24, 2.45) is 0 Å². The number of hydrogen-bond acceptors (Lipinski definition) is 5. The van der Waals surface area contributed by atoms with E-state index in [1.54, 1.807) is 0 Å². The molecule has 0 saturated carbocycles. The highest BCUT2D eigenvalue weighted by molar-refractivity contribution is 6.53. The van der Waals surface area contributed by atoms with Crippen molar-refractivity contribution >= 4 is 35.2 Å². The van der Waals surface area contributed by atoms with Crippen molar-refractivity contribution in [1.29, 1.82) is 5.26 Å². The first-order valence-electron chi connectivity index (χ1n) is 10.3. The van der Waals surface area contributed by atoms with Gasteiger partial charge < -0.3 is 15.0 Å². The van der Waals surface area contributed by atoms with Gasteiger partial charge in [0.05, 0.1) is 24.9 Å². The van der Waals surface area contributed by atoms with Gasteiger partial charge in [-0.1, -0.05) is 35.7 Å². The second-order valence-electron chi connectivity index (χ2n) is 7.63. The van der Waals surface area contributed by atoms with Crippen LogP contribution in [-0.4, -0.2) is 58.9 Å². The largest absolute Gasteiger partial charge is 0.442 e. The second kappa shape index (κ2) is 10.4. The van der Waals surface area contributed by atoms with Gasteiger partial charge in [-0.25, -0.2) is 9.18 Å². The third-order valence-electron chi connectivity index (χ3n) is 5.77. The van der Waals surface area contributed by atoms with E-state index < -0.39 is 22.9 Å². The fourth-order valence-electron chi connectivity index (χ4n) is 4.10. The van der Waals surface area contributed by atoms with Gasteiger partial charge in [0, 0.05) is 24.4 Å². The summed E-state index contributed by atoms with van der Waals surface area (Å²) in [6.45, 7) is 3.64. The Morgan fingerprint density at radius 3 is 2.65 bits per heavy atom. The quantitative estimate of drug-likeness (QED) is 0.469. The Morgan fingerprint density at radius 2 is 2.06 bits per heavy atom. The molecule has 0 aromatic rings. The predicted octanol–water partition coefficient (Wildman–Crippen LogP) is 3.91. The van der Waals surface area contributed by atoms with E-state index in [1.807, 2.05) is 11.8 Å². The number of carbonyl (C=O) groups is 2. The van der Waals surface area contributed by atoms with E-state index in [4.69, 9.17) is 27.9 Å². The highest BCUT2D eigenvalue weighted by Crippen LogP contribution is 2.34. The van der Waals surface area contributed by atoms with Crippen molar-refractivity contribution in [3.8, 4) is 6.07 Å². The lowest BCUT2D eigenvalue weighted by Gasteiger charge is -2.35. The Bertz CT molecular complexity index is 868. The highest BCUT2D eigenvalue weighted by Gasteiger charge is 2.35. The maximum absolute atomic E-state index is 14.9. The number of cyclic esters (lactones) is 1. The van der Waals surface area contributed by atoms with Gasteiger partial charge in [-0.2, -0.15) is 5.26 Å². The molecule has 10 heteroatoms. The fourth-order valence-corrected chi connectivity index (χ4v) is 4.25. The lowest BCUT2D eigenvalue weighted by atomic mass is 9.95. The normalized spacial score (nSPS) is 21.8. The monoisotopic (exact) mass is 470 g/mol. The topological polar surface area (TPSA) is 85.7 Å². The molecule has 7 nitrogen and oxygen atoms in total. The van der Waals surface area contributed by atoms with Crippen LogP contribution >= 0.6 is 23.2 Å². The molecule has 2 fully saturated rings. The molecular weight excluding hydrogens is 446 g/mol. The lowest BCUT2D eigenvalue weighted by molar-refractivity contribution is -0.119. The number of amides is 2. The van der Waals surface area contributed by atoms with Gasteiger partial charge in [0.25, 0.3) is 5.91 Å². The summed E-state index contributed by atoms with van der Waals surface area (Å²) in [6, 6.07) is 2.27. The van der Waals surface area contributed by atoms with Crippen molar-refractivity contribution in [2.45, 2.75) is 50.0 Å². The van der Waals surface area contributed by atoms with Gasteiger partial charge in [-0.3, -0.25) is 9.69 Å². The van der Waals surface area contributed by atoms with E-state index in [0.29, 0.717) is 37.3 Å². The molecule has 0 spiro atoms. The van der Waals surface area contributed by atoms with Crippen molar-refractivity contribution in [1.82, 2.24) is 15.1 Å². The Morgan fingerprint density at radius 1 is 1.35 bits per heavy atom. The molecule has 1 N–H and O–H groups in total. The summed E-state index contributed by atoms with van der Waals surface area (Å²) in [4.78, 5) is 25.9. The summed E-state index contributed by atoms with van der Waals surface area (Å²) in [5, 5.41) is 11.7. The molecule has 0 aromatic heterocycles. The maximum Gasteiger partial charge on any atom is 0.414 e. The van der Waals surface area contributed by atoms with Gasteiger partial charge in [-0.05, 0) is 38.2 Å². The standard InChI is InChI=1S/C21H25Cl2FN4O3/c1-2-13(10-25)14-5-7-27(8-6-14)18-4-3-15(9-17(18)24)28-12-16(31-21(28)30)11-26-20(29)19(22)23/h9,16,19H,2-8,11-12H2,1H3,(H,26,29)/t16-/m0/s1. The van der Waals surface area contributed by atoms with Gasteiger partial charge in [0.2, 0.25) is 0 Å². The number of allylic oxidation sites excluding steroid dienone is 5. The Hall–Kier alpha value is -2.24. The van der Waals surface area contributed by atoms with Gasteiger partial charge in [0.15, 0.2) is 4.84 Å². The number of rotatable bonds is 6. The maximum atomic E-state index is 14.9. The van der Waals surface area contributed by atoms with Crippen LogP contribution in [0.2, 0.25) is 0 Å². The number of ether oxygens (including phenoxy) is 1. The average Bonchev–Trinajstić information content (AvgIpc) is 3.14. The molecule has 31 heavy (non-hydrogen) atoms. The number of piperidine rings is 1. The third-order valence-corrected chi connectivity index (χ3v) is 6.17. The van der Waals surface area contributed by atoms with E-state index in [-0.39, 0.29) is 18.9 Å². The Kier molecular flexibility index (Phi) is 7.84. The molecule has 0 unspecified atom stereocenters. The first kappa shape index (κ1) is 23.4. The molecule has 3 aliphatic rings. The van der Waals surface area contributed by atoms with Crippen LogP contribution in [0.4, 0.5) is 9.18 Å². The lowest BCUT2D eigenvalue weighted by Crippen LogP contribution is -2.37. The van der Waals surface area contributed by atoms with E-state index >= 15 is 0 Å². The zero-order valence-electron chi connectivity index (χ0n) is 17.3. The van der Waals surface area contributed by atoms with E-state index in [2.05, 4.69) is 11.4 Å². The molecule has 0 radical (unpaired) electrons. The molecule has 0 aromatic carbocycles. The minimum atomic E-state index is -1.19. The summed E-state index contributed by atoms with van der Waals surface area (Å²) < 4.78 is 20.2. The number of halogens is 3. The molecule has 2 saturated heterocycles. The van der Waals surface area contributed by atoms with Gasteiger partial charge >= 0.3 is 6.09 Å². The number of nitrogens with one attached hydrogen (secondary N) is 1. The number of hydrogen-bond donors (Lipinski definition) is 1. The van der Waals surface area contributed by atoms with Crippen LogP contribution in [0.15, 0.2) is 34.4 Å². The summed E-state index contributed by atoms with van der Waals surface area (Å²) in [6.07, 6.45) is 3.53. The van der Waals surface area contributed by atoms with Crippen LogP contribution in [-0.2, 0) is 9.53 Å². The first-order chi connectivity index (χ1) is 14.8. The Labute approximate surface area is 191 Å². The molecule has 1 atom stereocenters. The second-order valence-corrected chi connectivity index (χ2v) is 8.72. The van der Waals surface area contributed by atoms with Crippen molar-refractivity contribution in [3.63, 3.8) is 0 Å². The summed E-state index contributed by atoms with van der Waals surface area (Å²) >= 11 is 11.0. The molecule has 2 heterocycles. The van der Waals surface area contributed by atoms with Crippen LogP contribution in [0.5, 0.6) is 0 Å². The SMILES string of the molecule is CCC(C#N)=C1CCN(C2=C(F)C=C(N3C[C@H](CNC(=O)C(Cl)Cl)OC3=O)CC2)CC1. The predicted molar refractivity (Wildman–Crippen MR) is 115 cm³/mol. The number of nitrogens with zero attached hydrogens (tertiary/aromatic N) is 3. The van der Waals surface area contributed by atoms with Gasteiger partial charge in [0.1, 0.15) is 11.9 Å². The number of alkyl halides is 2. The third kappa shape index (κ3) is 5.52. The summed E-state index contributed by atoms with van der Waals surface area (Å²) in [7, 11) is 0. The molecule has 168 valence electrons. The summed E-state index contributed by atoms with van der Waals surface area (Å²) in [5.41, 5.74) is 3.21. The molecular formula is C21H25Cl2FN4O3. The van der Waals surface area contributed by atoms with Crippen molar-refractivity contribution in [2.75, 3.05) is 26.2 Å². The molecule has 2 aliphatic heterocycles. The average molecular weight is 471 g/mol. The van der Waals surface area contributed by atoms with Crippen LogP contribution in [0.1, 0.15) is 39.0 Å². The van der Waals surface area contributed by atoms with E-state index in [9.17, 15) is 19.2 Å². The van der Waals surface area contributed by atoms with Crippen LogP contribution in [0.25, 0.3) is 0 Å². The number of likely N-dealkylation sites (tertiary alicyclic amines) is 1. The Balaban J connectivity index is 1.61. The number of nitriles is 1. The summed E-state index contributed by atoms with van der Waals surface area (Å²) in [5.74, 6) is -0.907. The molecule has 1 aliphatic carbocycles. The zero-order valence-corrected chi connectivity index (χ0v) is 18.8. The van der Waals surface area contributed by atoms with E-state index in [1.165, 1.54) is 16.5 Å². The molecule has 0 bridgehead atoms. The smallest absolute Gasteiger partial charge is 0.414 e. The van der Waals surface area contributed by atoms with Crippen LogP contribution < -0.4 is 5.32 Å². The molecule has 3 rings (SSSR count). The van der Waals surface area contributed by atoms with Crippen molar-refractivity contribution < 1.29 is 18.7 Å². The highest BCUT2D eigenvalue weighted by atomic mass is 35.5. The minimum Gasteiger partial charge on any atom is -0.442 e. The zero-order chi connectivity index (χ0) is 22.5.